The number of carboxylic acid groups (broad SMARTS) is 1. The predicted octanol–water partition coefficient (Wildman–Crippen LogP) is 3.71. The molecule has 0 saturated carbocycles. The quantitative estimate of drug-likeness (QED) is 0.390. The second-order valence-corrected chi connectivity index (χ2v) is 6.51. The molecule has 1 amide bonds. The van der Waals surface area contributed by atoms with Crippen molar-refractivity contribution < 1.29 is 46.1 Å². The molecule has 0 aromatic heterocycles. The number of hydrogen-bond donors (Lipinski definition) is 2. The van der Waals surface area contributed by atoms with Crippen molar-refractivity contribution in [2.45, 2.75) is 19.2 Å². The molecule has 2 aromatic carbocycles. The molecule has 3 N–H and O–H groups in total. The van der Waals surface area contributed by atoms with Crippen molar-refractivity contribution in [3.8, 4) is 11.5 Å². The number of hydrogen-bond acceptors (Lipinski definition) is 5. The van der Waals surface area contributed by atoms with Crippen LogP contribution in [0.2, 0.25) is 0 Å². The normalized spacial score (nSPS) is 11.2. The van der Waals surface area contributed by atoms with Gasteiger partial charge in [0.15, 0.2) is 5.82 Å². The number of rotatable bonds is 11. The Bertz CT molecular complexity index is 951. The van der Waals surface area contributed by atoms with Crippen molar-refractivity contribution in [3.05, 3.63) is 53.6 Å². The van der Waals surface area contributed by atoms with E-state index in [0.29, 0.717) is 12.8 Å². The monoisotopic (exact) mass is 462 g/mol. The first-order valence-electron chi connectivity index (χ1n) is 9.21. The summed E-state index contributed by atoms with van der Waals surface area (Å²) in [5.74, 6) is -5.11. The van der Waals surface area contributed by atoms with E-state index in [9.17, 15) is 31.5 Å². The molecule has 0 unspecified atom stereocenters. The summed E-state index contributed by atoms with van der Waals surface area (Å²) in [6.07, 6.45) is -4.10. The molecule has 0 aliphatic heterocycles. The van der Waals surface area contributed by atoms with Crippen molar-refractivity contribution in [3.63, 3.8) is 0 Å². The van der Waals surface area contributed by atoms with Gasteiger partial charge in [-0.2, -0.15) is 0 Å². The van der Waals surface area contributed by atoms with Gasteiger partial charge in [0.1, 0.15) is 29.4 Å². The summed E-state index contributed by atoms with van der Waals surface area (Å²) in [5.41, 5.74) is 3.74. The molecular weight excluding hydrogens is 443 g/mol. The maximum absolute atomic E-state index is 14.5. The van der Waals surface area contributed by atoms with Crippen LogP contribution in [0.25, 0.3) is 0 Å². The number of carboxylic acids is 1. The van der Waals surface area contributed by atoms with Crippen molar-refractivity contribution >= 4 is 17.6 Å². The van der Waals surface area contributed by atoms with Gasteiger partial charge in [-0.05, 0) is 49.2 Å². The van der Waals surface area contributed by atoms with Gasteiger partial charge in [0.2, 0.25) is 0 Å². The number of carbonyl (C=O) groups excluding carboxylic acids is 1. The fourth-order valence-corrected chi connectivity index (χ4v) is 2.79. The fourth-order valence-electron chi connectivity index (χ4n) is 2.79. The Morgan fingerprint density at radius 3 is 2.19 bits per heavy atom. The van der Waals surface area contributed by atoms with E-state index in [0.717, 1.165) is 29.2 Å². The Balaban J connectivity index is 1.93. The molecule has 7 nitrogen and oxygen atoms in total. The van der Waals surface area contributed by atoms with Crippen LogP contribution in [-0.2, 0) is 4.79 Å². The number of unbranched alkanes of at least 4 members (excludes halogenated alkanes) is 1. The van der Waals surface area contributed by atoms with Crippen molar-refractivity contribution in [2.24, 2.45) is 5.73 Å². The Kier molecular flexibility index (Phi) is 8.21. The molecule has 32 heavy (non-hydrogen) atoms. The first-order chi connectivity index (χ1) is 15.0. The van der Waals surface area contributed by atoms with E-state index in [1.807, 2.05) is 0 Å². The van der Waals surface area contributed by atoms with E-state index >= 15 is 0 Å². The molecule has 2 aromatic rings. The predicted molar refractivity (Wildman–Crippen MR) is 103 cm³/mol. The highest BCUT2D eigenvalue weighted by Crippen LogP contribution is 2.26. The van der Waals surface area contributed by atoms with Crippen LogP contribution in [0.5, 0.6) is 11.5 Å². The van der Waals surface area contributed by atoms with Crippen LogP contribution in [0.15, 0.2) is 36.4 Å². The molecule has 0 heterocycles. The molecule has 0 atom stereocenters. The third-order valence-electron chi connectivity index (χ3n) is 4.13. The number of benzene rings is 2. The average molecular weight is 462 g/mol. The summed E-state index contributed by atoms with van der Waals surface area (Å²) in [6, 6.07) is 6.59. The lowest BCUT2D eigenvalue weighted by molar-refractivity contribution is -0.274. The summed E-state index contributed by atoms with van der Waals surface area (Å²) >= 11 is 0. The fraction of sp³-hybridized carbons (Fsp3) is 0.300. The lowest BCUT2D eigenvalue weighted by Crippen LogP contribution is -2.32. The largest absolute Gasteiger partial charge is 0.573 e. The third-order valence-corrected chi connectivity index (χ3v) is 4.13. The molecule has 0 bridgehead atoms. The Morgan fingerprint density at radius 2 is 1.62 bits per heavy atom. The van der Waals surface area contributed by atoms with E-state index in [1.54, 1.807) is 0 Å². The Morgan fingerprint density at radius 1 is 1.00 bits per heavy atom. The van der Waals surface area contributed by atoms with Crippen molar-refractivity contribution in [1.29, 1.82) is 0 Å². The zero-order valence-electron chi connectivity index (χ0n) is 16.5. The van der Waals surface area contributed by atoms with Gasteiger partial charge in [0, 0.05) is 6.54 Å². The van der Waals surface area contributed by atoms with Crippen LogP contribution in [0.4, 0.5) is 27.6 Å². The smallest absolute Gasteiger partial charge is 0.494 e. The lowest BCUT2D eigenvalue weighted by atomic mass is 10.1. The van der Waals surface area contributed by atoms with Gasteiger partial charge in [-0.3, -0.25) is 9.59 Å². The molecule has 12 heteroatoms. The summed E-state index contributed by atoms with van der Waals surface area (Å²) < 4.78 is 73.8. The van der Waals surface area contributed by atoms with Crippen LogP contribution < -0.4 is 20.1 Å². The van der Waals surface area contributed by atoms with E-state index in [-0.39, 0.29) is 24.6 Å². The van der Waals surface area contributed by atoms with Gasteiger partial charge in [-0.15, -0.1) is 13.2 Å². The first kappa shape index (κ1) is 24.7. The zero-order valence-corrected chi connectivity index (χ0v) is 16.5. The number of primary amides is 1. The SMILES string of the molecule is NC(=O)c1c(F)ccc(N(CCCCOc2ccc(OC(F)(F)F)cc2)CC(=O)O)c1F. The van der Waals surface area contributed by atoms with Crippen LogP contribution in [0, 0.1) is 11.6 Å². The molecule has 0 aliphatic carbocycles. The highest BCUT2D eigenvalue weighted by Gasteiger charge is 2.31. The lowest BCUT2D eigenvalue weighted by Gasteiger charge is -2.24. The number of alkyl halides is 3. The molecule has 2 rings (SSSR count). The van der Waals surface area contributed by atoms with Gasteiger partial charge in [0.05, 0.1) is 12.3 Å². The van der Waals surface area contributed by atoms with Gasteiger partial charge < -0.3 is 25.2 Å². The van der Waals surface area contributed by atoms with Gasteiger partial charge in [-0.25, -0.2) is 8.78 Å². The topological polar surface area (TPSA) is 102 Å². The minimum atomic E-state index is -4.80. The standard InChI is InChI=1S/C20H19F5N2O5/c21-14-7-8-15(18(22)17(14)19(26)30)27(11-16(28)29)9-1-2-10-31-12-3-5-13(6-4-12)32-20(23,24)25/h3-8H,1-2,9-11H2,(H2,26,30)(H,28,29). The maximum atomic E-state index is 14.5. The Hall–Kier alpha value is -3.57. The highest BCUT2D eigenvalue weighted by atomic mass is 19.4. The summed E-state index contributed by atoms with van der Waals surface area (Å²) in [5, 5.41) is 9.08. The van der Waals surface area contributed by atoms with E-state index in [4.69, 9.17) is 15.6 Å². The number of nitrogens with two attached hydrogens (primary N) is 1. The first-order valence-corrected chi connectivity index (χ1v) is 9.21. The molecule has 0 saturated heterocycles. The van der Waals surface area contributed by atoms with E-state index < -0.39 is 47.7 Å². The van der Waals surface area contributed by atoms with Crippen LogP contribution in [0.1, 0.15) is 23.2 Å². The number of anilines is 1. The molecule has 174 valence electrons. The number of amides is 1. The number of ether oxygens (including phenoxy) is 2. The van der Waals surface area contributed by atoms with Gasteiger partial charge >= 0.3 is 12.3 Å². The second-order valence-electron chi connectivity index (χ2n) is 6.51. The summed E-state index contributed by atoms with van der Waals surface area (Å²) in [7, 11) is 0. The number of carbonyl (C=O) groups is 2. The van der Waals surface area contributed by atoms with E-state index in [1.165, 1.54) is 12.1 Å². The minimum Gasteiger partial charge on any atom is -0.494 e. The second kappa shape index (κ2) is 10.6. The van der Waals surface area contributed by atoms with Crippen molar-refractivity contribution in [2.75, 3.05) is 24.6 Å². The highest BCUT2D eigenvalue weighted by molar-refractivity contribution is 5.94. The molecule has 0 spiro atoms. The molecule has 0 aliphatic rings. The molecule has 0 radical (unpaired) electrons. The number of halogens is 5. The average Bonchev–Trinajstić information content (AvgIpc) is 2.66. The summed E-state index contributed by atoms with van der Waals surface area (Å²) in [4.78, 5) is 23.5. The third kappa shape index (κ3) is 7.29. The zero-order chi connectivity index (χ0) is 23.9. The van der Waals surface area contributed by atoms with Crippen LogP contribution in [-0.4, -0.2) is 43.0 Å². The van der Waals surface area contributed by atoms with E-state index in [2.05, 4.69) is 4.74 Å². The maximum Gasteiger partial charge on any atom is 0.573 e. The summed E-state index contributed by atoms with van der Waals surface area (Å²) in [6.45, 7) is -0.435. The van der Waals surface area contributed by atoms with Crippen molar-refractivity contribution in [1.82, 2.24) is 0 Å². The molecule has 0 fully saturated rings. The number of aliphatic carboxylic acids is 1. The minimum absolute atomic E-state index is 0.0365. The van der Waals surface area contributed by atoms with Gasteiger partial charge in [-0.1, -0.05) is 0 Å². The van der Waals surface area contributed by atoms with Crippen LogP contribution >= 0.6 is 0 Å². The van der Waals surface area contributed by atoms with Gasteiger partial charge in [0.25, 0.3) is 5.91 Å². The Labute approximate surface area is 179 Å². The van der Waals surface area contributed by atoms with Crippen LogP contribution in [0.3, 0.4) is 0 Å². The number of nitrogens with zero attached hydrogens (tertiary/aromatic N) is 1. The molecular formula is C20H19F5N2O5.